The third kappa shape index (κ3) is 5.39. The van der Waals surface area contributed by atoms with Crippen LogP contribution in [0.25, 0.3) is 0 Å². The van der Waals surface area contributed by atoms with Crippen LogP contribution in [0.3, 0.4) is 0 Å². The molecule has 0 radical (unpaired) electrons. The summed E-state index contributed by atoms with van der Waals surface area (Å²) in [7, 11) is -2.46. The van der Waals surface area contributed by atoms with Crippen molar-refractivity contribution in [3.05, 3.63) is 59.7 Å². The normalized spacial score (nSPS) is 18.0. The number of nitrogens with zero attached hydrogens (tertiary/aromatic N) is 2. The molecule has 0 saturated carbocycles. The van der Waals surface area contributed by atoms with Crippen LogP contribution >= 0.6 is 0 Å². The minimum atomic E-state index is -4.62. The van der Waals surface area contributed by atoms with Gasteiger partial charge in [0.1, 0.15) is 0 Å². The molecule has 1 fully saturated rings. The minimum Gasteiger partial charge on any atom is -0.354 e. The molecule has 2 aromatic rings. The summed E-state index contributed by atoms with van der Waals surface area (Å²) >= 11 is 0. The van der Waals surface area contributed by atoms with Crippen molar-refractivity contribution in [3.8, 4) is 0 Å². The van der Waals surface area contributed by atoms with Gasteiger partial charge in [0, 0.05) is 20.0 Å². The van der Waals surface area contributed by atoms with Crippen molar-refractivity contribution in [2.75, 3.05) is 18.3 Å². The van der Waals surface area contributed by atoms with Crippen molar-refractivity contribution in [3.63, 3.8) is 0 Å². The number of amidine groups is 1. The SMILES string of the molecule is CN=C1CCCCCN1C(C)c1ccccc1NS(=O)(=O)c1cccc(C(F)(F)F)c1. The minimum absolute atomic E-state index is 0.155. The predicted molar refractivity (Wildman–Crippen MR) is 116 cm³/mol. The summed E-state index contributed by atoms with van der Waals surface area (Å²) in [5.41, 5.74) is 0.0682. The Kier molecular flexibility index (Phi) is 6.93. The quantitative estimate of drug-likeness (QED) is 0.653. The Morgan fingerprint density at radius 1 is 1.06 bits per heavy atom. The van der Waals surface area contributed by atoms with E-state index in [-0.39, 0.29) is 6.04 Å². The lowest BCUT2D eigenvalue weighted by molar-refractivity contribution is -0.137. The molecule has 1 heterocycles. The lowest BCUT2D eigenvalue weighted by atomic mass is 10.0. The molecule has 3 rings (SSSR count). The van der Waals surface area contributed by atoms with Crippen molar-refractivity contribution < 1.29 is 21.6 Å². The van der Waals surface area contributed by atoms with E-state index in [1.165, 1.54) is 0 Å². The summed E-state index contributed by atoms with van der Waals surface area (Å²) in [6, 6.07) is 10.5. The molecular formula is C22H26F3N3O2S. The molecule has 1 aliphatic heterocycles. The molecule has 1 atom stereocenters. The summed E-state index contributed by atoms with van der Waals surface area (Å²) in [6.07, 6.45) is -0.590. The summed E-state index contributed by atoms with van der Waals surface area (Å²) in [6.45, 7) is 2.79. The van der Waals surface area contributed by atoms with Gasteiger partial charge in [-0.3, -0.25) is 9.71 Å². The molecule has 5 nitrogen and oxygen atoms in total. The number of benzene rings is 2. The van der Waals surface area contributed by atoms with Crippen LogP contribution < -0.4 is 4.72 Å². The third-order valence-corrected chi connectivity index (χ3v) is 6.85. The molecule has 1 N–H and O–H groups in total. The molecule has 0 aliphatic carbocycles. The second-order valence-corrected chi connectivity index (χ2v) is 9.22. The second kappa shape index (κ2) is 9.30. The van der Waals surface area contributed by atoms with E-state index in [2.05, 4.69) is 14.6 Å². The largest absolute Gasteiger partial charge is 0.416 e. The molecule has 0 spiro atoms. The van der Waals surface area contributed by atoms with Crippen LogP contribution in [0.1, 0.15) is 49.8 Å². The average Bonchev–Trinajstić information content (AvgIpc) is 2.98. The van der Waals surface area contributed by atoms with Gasteiger partial charge in [0.2, 0.25) is 0 Å². The molecule has 31 heavy (non-hydrogen) atoms. The van der Waals surface area contributed by atoms with Crippen molar-refractivity contribution >= 4 is 21.5 Å². The maximum atomic E-state index is 13.0. The first-order chi connectivity index (χ1) is 14.6. The Morgan fingerprint density at radius 3 is 2.52 bits per heavy atom. The highest BCUT2D eigenvalue weighted by Crippen LogP contribution is 2.33. The van der Waals surface area contributed by atoms with E-state index >= 15 is 0 Å². The third-order valence-electron chi connectivity index (χ3n) is 5.48. The Balaban J connectivity index is 1.93. The summed E-state index contributed by atoms with van der Waals surface area (Å²) in [5.74, 6) is 0.973. The lowest BCUT2D eigenvalue weighted by Gasteiger charge is -2.32. The van der Waals surface area contributed by atoms with Crippen molar-refractivity contribution in [2.45, 2.75) is 49.7 Å². The maximum Gasteiger partial charge on any atom is 0.416 e. The number of likely N-dealkylation sites (tertiary alicyclic amines) is 1. The van der Waals surface area contributed by atoms with Crippen LogP contribution in [0.4, 0.5) is 18.9 Å². The fraction of sp³-hybridized carbons (Fsp3) is 0.409. The van der Waals surface area contributed by atoms with Gasteiger partial charge < -0.3 is 4.90 Å². The molecule has 0 bridgehead atoms. The molecule has 9 heteroatoms. The van der Waals surface area contributed by atoms with Crippen LogP contribution in [-0.4, -0.2) is 32.7 Å². The van der Waals surface area contributed by atoms with Crippen LogP contribution in [0.5, 0.6) is 0 Å². The Bertz CT molecular complexity index is 1050. The molecule has 2 aromatic carbocycles. The highest BCUT2D eigenvalue weighted by Gasteiger charge is 2.32. The van der Waals surface area contributed by atoms with Gasteiger partial charge in [-0.15, -0.1) is 0 Å². The highest BCUT2D eigenvalue weighted by molar-refractivity contribution is 7.92. The van der Waals surface area contributed by atoms with Crippen LogP contribution in [0, 0.1) is 0 Å². The van der Waals surface area contributed by atoms with E-state index in [0.29, 0.717) is 11.8 Å². The van der Waals surface area contributed by atoms with Crippen molar-refractivity contribution in [1.29, 1.82) is 0 Å². The fourth-order valence-electron chi connectivity index (χ4n) is 3.84. The van der Waals surface area contributed by atoms with Gasteiger partial charge in [-0.2, -0.15) is 13.2 Å². The highest BCUT2D eigenvalue weighted by atomic mass is 32.2. The zero-order chi connectivity index (χ0) is 22.6. The van der Waals surface area contributed by atoms with Crippen molar-refractivity contribution in [2.24, 2.45) is 4.99 Å². The van der Waals surface area contributed by atoms with Gasteiger partial charge in [0.15, 0.2) is 0 Å². The standard InChI is InChI=1S/C22H26F3N3O2S/c1-16(28-14-7-3-4-13-21(28)26-2)19-11-5-6-12-20(19)27-31(29,30)18-10-8-9-17(15-18)22(23,24)25/h5-6,8-12,15-16,27H,3-4,7,13-14H2,1-2H3. The van der Waals surface area contributed by atoms with E-state index < -0.39 is 26.7 Å². The summed E-state index contributed by atoms with van der Waals surface area (Å²) < 4.78 is 67.4. The van der Waals surface area contributed by atoms with E-state index in [0.717, 1.165) is 61.8 Å². The summed E-state index contributed by atoms with van der Waals surface area (Å²) in [4.78, 5) is 6.15. The molecule has 0 amide bonds. The number of alkyl halides is 3. The monoisotopic (exact) mass is 453 g/mol. The summed E-state index contributed by atoms with van der Waals surface area (Å²) in [5, 5.41) is 0. The maximum absolute atomic E-state index is 13.0. The lowest BCUT2D eigenvalue weighted by Crippen LogP contribution is -2.33. The van der Waals surface area contributed by atoms with Crippen LogP contribution in [-0.2, 0) is 16.2 Å². The molecule has 168 valence electrons. The first-order valence-electron chi connectivity index (χ1n) is 10.1. The van der Waals surface area contributed by atoms with Gasteiger partial charge in [-0.05, 0) is 49.6 Å². The Morgan fingerprint density at radius 2 is 1.81 bits per heavy atom. The van der Waals surface area contributed by atoms with E-state index in [1.54, 1.807) is 19.2 Å². The van der Waals surface area contributed by atoms with E-state index in [1.807, 2.05) is 19.1 Å². The first-order valence-corrected chi connectivity index (χ1v) is 11.6. The van der Waals surface area contributed by atoms with Gasteiger partial charge in [0.05, 0.1) is 28.0 Å². The smallest absolute Gasteiger partial charge is 0.354 e. The first kappa shape index (κ1) is 23.1. The predicted octanol–water partition coefficient (Wildman–Crippen LogP) is 5.47. The van der Waals surface area contributed by atoms with Crippen LogP contribution in [0.15, 0.2) is 58.4 Å². The number of hydrogen-bond donors (Lipinski definition) is 1. The molecule has 1 aliphatic rings. The van der Waals surface area contributed by atoms with Gasteiger partial charge in [0.25, 0.3) is 10.0 Å². The Hall–Kier alpha value is -2.55. The van der Waals surface area contributed by atoms with Gasteiger partial charge in [-0.1, -0.05) is 30.7 Å². The average molecular weight is 454 g/mol. The molecular weight excluding hydrogens is 427 g/mol. The van der Waals surface area contributed by atoms with Crippen LogP contribution in [0.2, 0.25) is 0 Å². The Labute approximate surface area is 181 Å². The van der Waals surface area contributed by atoms with Gasteiger partial charge in [-0.25, -0.2) is 8.42 Å². The number of hydrogen-bond acceptors (Lipinski definition) is 3. The number of aliphatic imine (C=N–C) groups is 1. The number of nitrogens with one attached hydrogen (secondary N) is 1. The number of halogens is 3. The molecule has 1 unspecified atom stereocenters. The number of rotatable bonds is 5. The number of anilines is 1. The number of sulfonamides is 1. The van der Waals surface area contributed by atoms with E-state index in [4.69, 9.17) is 0 Å². The topological polar surface area (TPSA) is 61.8 Å². The molecule has 0 aromatic heterocycles. The van der Waals surface area contributed by atoms with E-state index in [9.17, 15) is 21.6 Å². The number of para-hydroxylation sites is 1. The fourth-order valence-corrected chi connectivity index (χ4v) is 4.97. The molecule has 1 saturated heterocycles. The van der Waals surface area contributed by atoms with Gasteiger partial charge >= 0.3 is 6.18 Å². The zero-order valence-corrected chi connectivity index (χ0v) is 18.3. The zero-order valence-electron chi connectivity index (χ0n) is 17.5. The van der Waals surface area contributed by atoms with Crippen molar-refractivity contribution in [1.82, 2.24) is 4.90 Å². The second-order valence-electron chi connectivity index (χ2n) is 7.54.